The van der Waals surface area contributed by atoms with Gasteiger partial charge in [0, 0.05) is 24.4 Å². The number of hydrogen-bond donors (Lipinski definition) is 2. The number of nitrogens with zero attached hydrogens (tertiary/aromatic N) is 4. The van der Waals surface area contributed by atoms with Crippen molar-refractivity contribution in [1.82, 2.24) is 14.6 Å². The number of hydrogen-bond acceptors (Lipinski definition) is 5. The second kappa shape index (κ2) is 7.20. The Morgan fingerprint density at radius 1 is 1.33 bits per heavy atom. The van der Waals surface area contributed by atoms with Crippen LogP contribution >= 0.6 is 0 Å². The highest BCUT2D eigenvalue weighted by Crippen LogP contribution is 2.30. The molecule has 138 valence electrons. The van der Waals surface area contributed by atoms with Crippen molar-refractivity contribution in [3.8, 4) is 11.1 Å². The number of rotatable bonds is 5. The summed E-state index contributed by atoms with van der Waals surface area (Å²) < 4.78 is 1.81. The van der Waals surface area contributed by atoms with Gasteiger partial charge in [-0.15, -0.1) is 0 Å². The van der Waals surface area contributed by atoms with Gasteiger partial charge in [-0.3, -0.25) is 0 Å². The van der Waals surface area contributed by atoms with Gasteiger partial charge >= 0.3 is 5.97 Å². The monoisotopic (exact) mass is 364 g/mol. The topological polar surface area (TPSA) is 91.0 Å². The van der Waals surface area contributed by atoms with Gasteiger partial charge in [-0.1, -0.05) is 18.2 Å². The zero-order valence-corrected chi connectivity index (χ0v) is 14.7. The molecule has 3 aromatic rings. The van der Waals surface area contributed by atoms with E-state index in [9.17, 15) is 9.90 Å². The Labute approximate surface area is 156 Å². The molecule has 2 aromatic heterocycles. The minimum Gasteiger partial charge on any atom is -0.478 e. The molecule has 0 amide bonds. The van der Waals surface area contributed by atoms with E-state index in [-0.39, 0.29) is 12.6 Å². The molecule has 1 aromatic carbocycles. The highest BCUT2D eigenvalue weighted by molar-refractivity contribution is 5.86. The van der Waals surface area contributed by atoms with Crippen molar-refractivity contribution in [2.45, 2.75) is 18.9 Å². The molecule has 1 saturated heterocycles. The minimum absolute atomic E-state index is 0.104. The average Bonchev–Trinajstić information content (AvgIpc) is 3.33. The third-order valence-corrected chi connectivity index (χ3v) is 4.88. The summed E-state index contributed by atoms with van der Waals surface area (Å²) in [5, 5.41) is 23.0. The SMILES string of the molecule is O=C(O)/C=C/c1cccc(-c2cnn3c(N4CCC[C@H]4CO)ccnc23)c1. The third-order valence-electron chi connectivity index (χ3n) is 4.88. The molecular formula is C20H20N4O3. The van der Waals surface area contributed by atoms with Crippen LogP contribution < -0.4 is 4.90 Å². The molecule has 7 nitrogen and oxygen atoms in total. The van der Waals surface area contributed by atoms with Crippen molar-refractivity contribution in [3.63, 3.8) is 0 Å². The van der Waals surface area contributed by atoms with Gasteiger partial charge in [0.1, 0.15) is 5.82 Å². The minimum atomic E-state index is -0.980. The van der Waals surface area contributed by atoms with Gasteiger partial charge in [-0.2, -0.15) is 9.61 Å². The maximum absolute atomic E-state index is 10.7. The van der Waals surface area contributed by atoms with Crippen LogP contribution in [0, 0.1) is 0 Å². The van der Waals surface area contributed by atoms with Crippen LogP contribution in [-0.4, -0.2) is 50.0 Å². The Hall–Kier alpha value is -3.19. The first-order valence-electron chi connectivity index (χ1n) is 8.89. The number of carboxylic acid groups (broad SMARTS) is 1. The Balaban J connectivity index is 1.75. The first kappa shape index (κ1) is 17.2. The summed E-state index contributed by atoms with van der Waals surface area (Å²) in [6.45, 7) is 1.00. The number of benzene rings is 1. The van der Waals surface area contributed by atoms with Crippen molar-refractivity contribution in [2.24, 2.45) is 0 Å². The largest absolute Gasteiger partial charge is 0.478 e. The first-order chi connectivity index (χ1) is 13.2. The van der Waals surface area contributed by atoms with E-state index in [4.69, 9.17) is 5.11 Å². The average molecular weight is 364 g/mol. The number of carboxylic acids is 1. The van der Waals surface area contributed by atoms with Gasteiger partial charge in [0.15, 0.2) is 5.65 Å². The summed E-state index contributed by atoms with van der Waals surface area (Å²) in [7, 11) is 0. The van der Waals surface area contributed by atoms with E-state index >= 15 is 0 Å². The maximum Gasteiger partial charge on any atom is 0.328 e. The first-order valence-corrected chi connectivity index (χ1v) is 8.89. The number of fused-ring (bicyclic) bond motifs is 1. The van der Waals surface area contributed by atoms with Gasteiger partial charge in [0.25, 0.3) is 0 Å². The van der Waals surface area contributed by atoms with Gasteiger partial charge in [0.2, 0.25) is 0 Å². The van der Waals surface area contributed by atoms with Crippen molar-refractivity contribution in [3.05, 3.63) is 54.4 Å². The number of anilines is 1. The Kier molecular flexibility index (Phi) is 4.60. The Morgan fingerprint density at radius 2 is 2.22 bits per heavy atom. The Bertz CT molecular complexity index is 1010. The summed E-state index contributed by atoms with van der Waals surface area (Å²) >= 11 is 0. The van der Waals surface area contributed by atoms with Gasteiger partial charge in [-0.05, 0) is 42.2 Å². The fourth-order valence-corrected chi connectivity index (χ4v) is 3.60. The molecule has 0 unspecified atom stereocenters. The lowest BCUT2D eigenvalue weighted by Crippen LogP contribution is -2.33. The number of aliphatic carboxylic acids is 1. The van der Waals surface area contributed by atoms with Crippen molar-refractivity contribution < 1.29 is 15.0 Å². The highest BCUT2D eigenvalue weighted by atomic mass is 16.4. The number of aliphatic hydroxyl groups excluding tert-OH is 1. The lowest BCUT2D eigenvalue weighted by atomic mass is 10.1. The standard InChI is InChI=1S/C20H20N4O3/c25-13-16-5-2-10-23(16)18-8-9-21-20-17(12-22-24(18)20)15-4-1-3-14(11-15)6-7-19(26)27/h1,3-4,6-9,11-12,16,25H,2,5,10,13H2,(H,26,27)/b7-6+/t16-/m0/s1. The molecule has 7 heteroatoms. The fourth-order valence-electron chi connectivity index (χ4n) is 3.60. The van der Waals surface area contributed by atoms with Crippen molar-refractivity contribution >= 4 is 23.5 Å². The summed E-state index contributed by atoms with van der Waals surface area (Å²) in [4.78, 5) is 17.4. The molecule has 0 aliphatic carbocycles. The lowest BCUT2D eigenvalue weighted by Gasteiger charge is -2.25. The molecule has 1 aliphatic rings. The molecule has 1 fully saturated rings. The van der Waals surface area contributed by atoms with E-state index in [1.54, 1.807) is 18.5 Å². The number of carbonyl (C=O) groups is 1. The fraction of sp³-hybridized carbons (Fsp3) is 0.250. The van der Waals surface area contributed by atoms with Crippen molar-refractivity contribution in [2.75, 3.05) is 18.1 Å². The summed E-state index contributed by atoms with van der Waals surface area (Å²) in [5.74, 6) is -0.0588. The van der Waals surface area contributed by atoms with Crippen LogP contribution in [0.4, 0.5) is 5.82 Å². The van der Waals surface area contributed by atoms with Gasteiger partial charge in [-0.25, -0.2) is 9.78 Å². The van der Waals surface area contributed by atoms with Crippen LogP contribution in [0.15, 0.2) is 48.8 Å². The summed E-state index contributed by atoms with van der Waals surface area (Å²) in [5.41, 5.74) is 3.32. The van der Waals surface area contributed by atoms with Gasteiger partial charge in [0.05, 0.1) is 18.8 Å². The smallest absolute Gasteiger partial charge is 0.328 e. The zero-order valence-electron chi connectivity index (χ0n) is 14.7. The maximum atomic E-state index is 10.7. The van der Waals surface area contributed by atoms with E-state index in [1.165, 1.54) is 0 Å². The second-order valence-corrected chi connectivity index (χ2v) is 6.57. The van der Waals surface area contributed by atoms with Crippen LogP contribution in [0.25, 0.3) is 22.9 Å². The summed E-state index contributed by atoms with van der Waals surface area (Å²) in [6, 6.07) is 9.63. The third kappa shape index (κ3) is 3.29. The second-order valence-electron chi connectivity index (χ2n) is 6.57. The van der Waals surface area contributed by atoms with E-state index in [1.807, 2.05) is 34.8 Å². The highest BCUT2D eigenvalue weighted by Gasteiger charge is 2.26. The van der Waals surface area contributed by atoms with E-state index < -0.39 is 5.97 Å². The number of aromatic nitrogens is 3. The van der Waals surface area contributed by atoms with Crippen LogP contribution in [0.3, 0.4) is 0 Å². The molecule has 4 rings (SSSR count). The van der Waals surface area contributed by atoms with Gasteiger partial charge < -0.3 is 15.1 Å². The lowest BCUT2D eigenvalue weighted by molar-refractivity contribution is -0.131. The van der Waals surface area contributed by atoms with Crippen LogP contribution in [0.1, 0.15) is 18.4 Å². The summed E-state index contributed by atoms with van der Waals surface area (Å²) in [6.07, 6.45) is 8.22. The predicted octanol–water partition coefficient (Wildman–Crippen LogP) is 2.46. The van der Waals surface area contributed by atoms with Crippen LogP contribution in [0.5, 0.6) is 0 Å². The number of aliphatic hydroxyl groups is 1. The Morgan fingerprint density at radius 3 is 3.04 bits per heavy atom. The molecule has 1 aliphatic heterocycles. The van der Waals surface area contributed by atoms with Crippen molar-refractivity contribution in [1.29, 1.82) is 0 Å². The predicted molar refractivity (Wildman–Crippen MR) is 103 cm³/mol. The molecule has 0 spiro atoms. The molecular weight excluding hydrogens is 344 g/mol. The van der Waals surface area contributed by atoms with E-state index in [0.29, 0.717) is 0 Å². The van der Waals surface area contributed by atoms with Crippen LogP contribution in [-0.2, 0) is 4.79 Å². The molecule has 0 radical (unpaired) electrons. The molecule has 0 saturated carbocycles. The zero-order chi connectivity index (χ0) is 18.8. The molecule has 1 atom stereocenters. The molecule has 0 bridgehead atoms. The molecule has 27 heavy (non-hydrogen) atoms. The quantitative estimate of drug-likeness (QED) is 0.676. The normalized spacial score (nSPS) is 17.2. The molecule has 2 N–H and O–H groups in total. The molecule has 3 heterocycles. The van der Waals surface area contributed by atoms with Crippen LogP contribution in [0.2, 0.25) is 0 Å². The van der Waals surface area contributed by atoms with E-state index in [2.05, 4.69) is 15.0 Å². The van der Waals surface area contributed by atoms with E-state index in [0.717, 1.165) is 53.6 Å².